The summed E-state index contributed by atoms with van der Waals surface area (Å²) in [5.74, 6) is -1.14. The van der Waals surface area contributed by atoms with Crippen molar-refractivity contribution in [2.45, 2.75) is 20.0 Å². The van der Waals surface area contributed by atoms with E-state index in [2.05, 4.69) is 4.98 Å². The number of nitro groups is 1. The number of para-hydroxylation sites is 1. The molecule has 0 saturated carbocycles. The molecule has 0 saturated heterocycles. The zero-order valence-corrected chi connectivity index (χ0v) is 21.2. The highest BCUT2D eigenvalue weighted by Crippen LogP contribution is 2.36. The highest BCUT2D eigenvalue weighted by Gasteiger charge is 2.21. The van der Waals surface area contributed by atoms with Gasteiger partial charge in [-0.3, -0.25) is 10.1 Å². The molecule has 0 amide bonds. The van der Waals surface area contributed by atoms with Crippen molar-refractivity contribution in [3.8, 4) is 33.9 Å². The summed E-state index contributed by atoms with van der Waals surface area (Å²) in [4.78, 5) is 41.9. The lowest BCUT2D eigenvalue weighted by atomic mass is 10.0. The third kappa shape index (κ3) is 6.72. The number of carbonyl (C=O) groups excluding carboxylic acids is 1. The van der Waals surface area contributed by atoms with Crippen molar-refractivity contribution in [3.63, 3.8) is 0 Å². The van der Waals surface area contributed by atoms with Gasteiger partial charge in [0.2, 0.25) is 0 Å². The Hall–Kier alpha value is -5.31. The fourth-order valence-electron chi connectivity index (χ4n) is 3.87. The van der Waals surface area contributed by atoms with Gasteiger partial charge in [0, 0.05) is 29.3 Å². The number of aromatic nitrogens is 2. The normalized spacial score (nSPS) is 11.4. The second kappa shape index (κ2) is 11.8. The maximum atomic E-state index is 11.8. The topological polar surface area (TPSA) is 135 Å². The lowest BCUT2D eigenvalue weighted by Crippen LogP contribution is -2.08. The van der Waals surface area contributed by atoms with Crippen molar-refractivity contribution < 1.29 is 24.4 Å². The summed E-state index contributed by atoms with van der Waals surface area (Å²) in [6.45, 7) is 3.56. The summed E-state index contributed by atoms with van der Waals surface area (Å²) in [5.41, 5.74) is 4.48. The van der Waals surface area contributed by atoms with Gasteiger partial charge in [-0.05, 0) is 43.2 Å². The summed E-state index contributed by atoms with van der Waals surface area (Å²) in [7, 11) is 0. The maximum absolute atomic E-state index is 11.8. The van der Waals surface area contributed by atoms with E-state index in [1.54, 1.807) is 50.3 Å². The van der Waals surface area contributed by atoms with Crippen LogP contribution in [0.25, 0.3) is 46.1 Å². The Morgan fingerprint density at radius 1 is 0.923 bits per heavy atom. The molecule has 0 aliphatic heterocycles. The van der Waals surface area contributed by atoms with Crippen molar-refractivity contribution in [1.82, 2.24) is 9.97 Å². The Kier molecular flexibility index (Phi) is 8.11. The number of nitrogens with one attached hydrogen (secondary N) is 1. The van der Waals surface area contributed by atoms with Gasteiger partial charge in [-0.25, -0.2) is 14.6 Å². The molecule has 4 aromatic rings. The Morgan fingerprint density at radius 2 is 1.51 bits per heavy atom. The monoisotopic (exact) mass is 523 g/mol. The van der Waals surface area contributed by atoms with Gasteiger partial charge in [0.05, 0.1) is 28.0 Å². The molecule has 0 atom stereocenters. The molecule has 2 N–H and O–H groups in total. The van der Waals surface area contributed by atoms with E-state index >= 15 is 0 Å². The minimum atomic E-state index is -1.04. The van der Waals surface area contributed by atoms with Crippen LogP contribution >= 0.6 is 0 Å². The highest BCUT2D eigenvalue weighted by molar-refractivity contribution is 5.88. The predicted octanol–water partition coefficient (Wildman–Crippen LogP) is 6.38. The first-order valence-electron chi connectivity index (χ1n) is 12.1. The van der Waals surface area contributed by atoms with Gasteiger partial charge in [-0.15, -0.1) is 0 Å². The average Bonchev–Trinajstić information content (AvgIpc) is 3.36. The predicted molar refractivity (Wildman–Crippen MR) is 148 cm³/mol. The number of hydrogen-bond donors (Lipinski definition) is 2. The third-order valence-electron chi connectivity index (χ3n) is 5.63. The quantitative estimate of drug-likeness (QED) is 0.112. The molecule has 9 heteroatoms. The van der Waals surface area contributed by atoms with E-state index in [1.165, 1.54) is 18.2 Å². The van der Waals surface area contributed by atoms with Crippen molar-refractivity contribution in [3.05, 3.63) is 106 Å². The van der Waals surface area contributed by atoms with Crippen LogP contribution in [0.1, 0.15) is 25.0 Å². The van der Waals surface area contributed by atoms with Crippen LogP contribution in [0.5, 0.6) is 0 Å². The lowest BCUT2D eigenvalue weighted by molar-refractivity contribution is -0.384. The van der Waals surface area contributed by atoms with Crippen LogP contribution in [-0.4, -0.2) is 38.0 Å². The Bertz CT molecular complexity index is 1570. The van der Waals surface area contributed by atoms with Crippen LogP contribution in [0, 0.1) is 10.1 Å². The summed E-state index contributed by atoms with van der Waals surface area (Å²) < 4.78 is 5.12. The van der Waals surface area contributed by atoms with Crippen molar-refractivity contribution in [2.75, 3.05) is 0 Å². The molecule has 0 bridgehead atoms. The summed E-state index contributed by atoms with van der Waals surface area (Å²) in [5, 5.41) is 20.5. The molecule has 0 fully saturated rings. The molecule has 1 aromatic heterocycles. The van der Waals surface area contributed by atoms with Crippen LogP contribution in [-0.2, 0) is 14.3 Å². The minimum Gasteiger partial charge on any atom is -0.478 e. The number of carbonyl (C=O) groups is 2. The third-order valence-corrected chi connectivity index (χ3v) is 5.63. The van der Waals surface area contributed by atoms with Crippen LogP contribution in [0.2, 0.25) is 0 Å². The number of carboxylic acid groups (broad SMARTS) is 1. The number of carboxylic acids is 1. The number of esters is 1. The second-order valence-electron chi connectivity index (χ2n) is 8.82. The number of nitro benzene ring substituents is 1. The molecule has 0 aliphatic carbocycles. The number of ether oxygens (including phenoxy) is 1. The number of hydrogen-bond acceptors (Lipinski definition) is 6. The zero-order valence-electron chi connectivity index (χ0n) is 21.2. The molecule has 4 rings (SSSR count). The summed E-state index contributed by atoms with van der Waals surface area (Å²) in [6.07, 6.45) is 5.36. The second-order valence-corrected chi connectivity index (χ2v) is 8.82. The number of benzene rings is 3. The molecule has 0 unspecified atom stereocenters. The Morgan fingerprint density at radius 3 is 2.10 bits per heavy atom. The molecule has 1 heterocycles. The Labute approximate surface area is 224 Å². The maximum Gasteiger partial charge on any atom is 0.331 e. The van der Waals surface area contributed by atoms with E-state index < -0.39 is 16.9 Å². The first-order valence-corrected chi connectivity index (χ1v) is 12.1. The van der Waals surface area contributed by atoms with Gasteiger partial charge in [0.15, 0.2) is 0 Å². The zero-order chi connectivity index (χ0) is 27.9. The largest absolute Gasteiger partial charge is 0.478 e. The fraction of sp³-hybridized carbons (Fsp3) is 0.100. The Balaban J connectivity index is 1.75. The van der Waals surface area contributed by atoms with Crippen molar-refractivity contribution in [1.29, 1.82) is 0 Å². The fourth-order valence-corrected chi connectivity index (χ4v) is 3.87. The average molecular weight is 524 g/mol. The van der Waals surface area contributed by atoms with Gasteiger partial charge >= 0.3 is 11.9 Å². The van der Waals surface area contributed by atoms with Gasteiger partial charge in [-0.1, -0.05) is 60.7 Å². The van der Waals surface area contributed by atoms with Gasteiger partial charge in [0.25, 0.3) is 5.69 Å². The molecule has 0 radical (unpaired) electrons. The molecule has 3 aromatic carbocycles. The van der Waals surface area contributed by atoms with Crippen LogP contribution in [0.3, 0.4) is 0 Å². The highest BCUT2D eigenvalue weighted by atomic mass is 16.6. The van der Waals surface area contributed by atoms with Crippen molar-refractivity contribution in [2.24, 2.45) is 0 Å². The lowest BCUT2D eigenvalue weighted by Gasteiger charge is -2.05. The molecule has 9 nitrogen and oxygen atoms in total. The van der Waals surface area contributed by atoms with E-state index in [9.17, 15) is 19.7 Å². The SMILES string of the molecule is CC(C)OC(=O)/C=C/c1ccc(-c2[nH]c(-c3ccccc3[N+](=O)[O-])nc2-c2ccc(/C=C/C(=O)O)cc2)cc1. The van der Waals surface area contributed by atoms with Gasteiger partial charge in [0.1, 0.15) is 5.82 Å². The van der Waals surface area contributed by atoms with Gasteiger partial charge < -0.3 is 14.8 Å². The standard InChI is InChI=1S/C30H25N3O6/c1-19(2)39-27(36)18-12-21-9-15-23(16-10-21)29-28(22-13-7-20(8-14-22)11-17-26(34)35)31-30(32-29)24-5-3-4-6-25(24)33(37)38/h3-19H,1-2H3,(H,31,32)(H,34,35)/b17-11+,18-12+. The van der Waals surface area contributed by atoms with Crippen LogP contribution in [0.15, 0.2) is 84.9 Å². The van der Waals surface area contributed by atoms with E-state index in [1.807, 2.05) is 36.4 Å². The number of H-pyrrole nitrogens is 1. The molecule has 196 valence electrons. The molecule has 0 aliphatic rings. The van der Waals surface area contributed by atoms with E-state index in [0.29, 0.717) is 28.3 Å². The number of imidazole rings is 1. The first kappa shape index (κ1) is 26.7. The summed E-state index contributed by atoms with van der Waals surface area (Å²) >= 11 is 0. The van der Waals surface area contributed by atoms with Crippen LogP contribution in [0.4, 0.5) is 5.69 Å². The first-order chi connectivity index (χ1) is 18.7. The minimum absolute atomic E-state index is 0.0766. The summed E-state index contributed by atoms with van der Waals surface area (Å²) in [6, 6.07) is 20.9. The molecule has 39 heavy (non-hydrogen) atoms. The number of nitrogens with zero attached hydrogens (tertiary/aromatic N) is 2. The van der Waals surface area contributed by atoms with E-state index in [4.69, 9.17) is 14.8 Å². The van der Waals surface area contributed by atoms with Gasteiger partial charge in [-0.2, -0.15) is 0 Å². The van der Waals surface area contributed by atoms with Crippen LogP contribution < -0.4 is 0 Å². The number of aliphatic carboxylic acids is 1. The van der Waals surface area contributed by atoms with E-state index in [-0.39, 0.29) is 11.8 Å². The smallest absolute Gasteiger partial charge is 0.331 e. The molecule has 0 spiro atoms. The van der Waals surface area contributed by atoms with E-state index in [0.717, 1.165) is 22.8 Å². The van der Waals surface area contributed by atoms with Crippen molar-refractivity contribution >= 4 is 29.8 Å². The number of aromatic amines is 1. The molecular formula is C30H25N3O6. The number of rotatable bonds is 9. The molecular weight excluding hydrogens is 498 g/mol.